The van der Waals surface area contributed by atoms with Crippen molar-refractivity contribution in [1.82, 2.24) is 4.98 Å². The predicted molar refractivity (Wildman–Crippen MR) is 98.1 cm³/mol. The zero-order valence-electron chi connectivity index (χ0n) is 11.5. The second kappa shape index (κ2) is 6.99. The Kier molecular flexibility index (Phi) is 5.01. The first-order valence-electron chi connectivity index (χ1n) is 6.68. The van der Waals surface area contributed by atoms with Crippen molar-refractivity contribution in [1.29, 1.82) is 0 Å². The van der Waals surface area contributed by atoms with E-state index in [1.165, 1.54) is 0 Å². The zero-order valence-corrected chi connectivity index (χ0v) is 15.4. The third kappa shape index (κ3) is 3.62. The molecule has 0 bridgehead atoms. The Labute approximate surface area is 150 Å². The lowest BCUT2D eigenvalue weighted by atomic mass is 10.2. The second-order valence-corrected chi connectivity index (χ2v) is 8.28. The molecule has 0 atom stereocenters. The number of halogens is 3. The first kappa shape index (κ1) is 15.8. The van der Waals surface area contributed by atoms with Crippen molar-refractivity contribution in [2.75, 3.05) is 0 Å². The first-order valence-corrected chi connectivity index (χ1v) is 8.89. The number of hydrogen-bond donors (Lipinski definition) is 0. The van der Waals surface area contributed by atoms with Crippen LogP contribution in [-0.2, 0) is 6.61 Å². The highest BCUT2D eigenvalue weighted by Gasteiger charge is 2.09. The van der Waals surface area contributed by atoms with Gasteiger partial charge in [-0.2, -0.15) is 0 Å². The molecule has 22 heavy (non-hydrogen) atoms. The predicted octanol–water partition coefficient (Wildman–Crippen LogP) is 6.26. The van der Waals surface area contributed by atoms with Crippen LogP contribution in [0.25, 0.3) is 10.9 Å². The van der Waals surface area contributed by atoms with Gasteiger partial charge in [-0.15, -0.1) is 0 Å². The molecule has 0 radical (unpaired) electrons. The molecule has 0 saturated heterocycles. The van der Waals surface area contributed by atoms with Gasteiger partial charge in [0.15, 0.2) is 0 Å². The van der Waals surface area contributed by atoms with Crippen LogP contribution in [0.1, 0.15) is 15.0 Å². The van der Waals surface area contributed by atoms with Gasteiger partial charge in [0.2, 0.25) is 0 Å². The maximum absolute atomic E-state index is 5.94. The molecule has 1 heterocycles. The minimum Gasteiger partial charge on any atom is -0.487 e. The van der Waals surface area contributed by atoms with Crippen molar-refractivity contribution in [3.8, 4) is 5.75 Å². The van der Waals surface area contributed by atoms with E-state index in [2.05, 4.69) is 36.8 Å². The van der Waals surface area contributed by atoms with E-state index in [9.17, 15) is 0 Å². The molecule has 0 fully saturated rings. The Morgan fingerprint density at radius 2 is 1.77 bits per heavy atom. The normalized spacial score (nSPS) is 11.1. The van der Waals surface area contributed by atoms with Crippen LogP contribution in [0.2, 0.25) is 5.02 Å². The van der Waals surface area contributed by atoms with Gasteiger partial charge in [0.25, 0.3) is 0 Å². The molecule has 0 aliphatic heterocycles. The smallest absolute Gasteiger partial charge is 0.146 e. The molecule has 0 saturated carbocycles. The van der Waals surface area contributed by atoms with E-state index >= 15 is 0 Å². The van der Waals surface area contributed by atoms with Crippen LogP contribution in [0.4, 0.5) is 0 Å². The van der Waals surface area contributed by atoms with Crippen LogP contribution in [0.3, 0.4) is 0 Å². The van der Waals surface area contributed by atoms with E-state index < -0.39 is 0 Å². The third-order valence-electron chi connectivity index (χ3n) is 3.24. The van der Waals surface area contributed by atoms with Gasteiger partial charge in [-0.25, -0.2) is 4.98 Å². The van der Waals surface area contributed by atoms with Crippen LogP contribution in [0, 0.1) is 0 Å². The Hall–Kier alpha value is -1.10. The van der Waals surface area contributed by atoms with E-state index in [0.717, 1.165) is 32.9 Å². The number of hydrogen-bond acceptors (Lipinski definition) is 2. The Morgan fingerprint density at radius 1 is 1.00 bits per heavy atom. The molecule has 2 aromatic carbocycles. The number of ether oxygens (including phenoxy) is 1. The highest BCUT2D eigenvalue weighted by molar-refractivity contribution is 9.24. The average Bonchev–Trinajstić information content (AvgIpc) is 2.53. The van der Waals surface area contributed by atoms with Gasteiger partial charge in [-0.1, -0.05) is 73.8 Å². The molecule has 0 spiro atoms. The Bertz CT molecular complexity index is 790. The van der Waals surface area contributed by atoms with Crippen LogP contribution >= 0.6 is 43.5 Å². The van der Waals surface area contributed by atoms with E-state index in [-0.39, 0.29) is 3.74 Å². The van der Waals surface area contributed by atoms with Gasteiger partial charge < -0.3 is 4.74 Å². The second-order valence-electron chi connectivity index (χ2n) is 4.78. The molecule has 0 aliphatic carbocycles. The van der Waals surface area contributed by atoms with E-state index in [4.69, 9.17) is 16.3 Å². The lowest BCUT2D eigenvalue weighted by Gasteiger charge is -2.10. The van der Waals surface area contributed by atoms with Gasteiger partial charge >= 0.3 is 0 Å². The van der Waals surface area contributed by atoms with Crippen molar-refractivity contribution >= 4 is 54.4 Å². The summed E-state index contributed by atoms with van der Waals surface area (Å²) in [6, 6.07) is 17.6. The zero-order chi connectivity index (χ0) is 15.5. The van der Waals surface area contributed by atoms with Crippen LogP contribution in [0.15, 0.2) is 54.6 Å². The monoisotopic (exact) mass is 439 g/mol. The summed E-state index contributed by atoms with van der Waals surface area (Å²) in [6.45, 7) is 0.480. The minimum atomic E-state index is 0.0220. The highest BCUT2D eigenvalue weighted by atomic mass is 79.9. The number of para-hydroxylation sites is 1. The van der Waals surface area contributed by atoms with Crippen LogP contribution in [-0.4, -0.2) is 4.98 Å². The van der Waals surface area contributed by atoms with Crippen LogP contribution < -0.4 is 4.74 Å². The summed E-state index contributed by atoms with van der Waals surface area (Å²) in [5, 5.41) is 1.78. The molecule has 3 rings (SSSR count). The number of rotatable bonds is 4. The van der Waals surface area contributed by atoms with Crippen LogP contribution in [0.5, 0.6) is 5.75 Å². The van der Waals surface area contributed by atoms with Crippen molar-refractivity contribution in [3.63, 3.8) is 0 Å². The standard InChI is InChI=1S/C17H12Br2ClNO/c18-17(19)14-9-6-12-2-1-3-15(16(12)21-14)22-10-11-4-7-13(20)8-5-11/h1-9,17H,10H2. The summed E-state index contributed by atoms with van der Waals surface area (Å²) in [7, 11) is 0. The minimum absolute atomic E-state index is 0.0220. The fraction of sp³-hybridized carbons (Fsp3) is 0.118. The molecule has 0 N–H and O–H groups in total. The Morgan fingerprint density at radius 3 is 2.50 bits per heavy atom. The van der Waals surface area contributed by atoms with Gasteiger partial charge in [0.1, 0.15) is 21.6 Å². The third-order valence-corrected chi connectivity index (χ3v) is 4.43. The van der Waals surface area contributed by atoms with E-state index in [0.29, 0.717) is 6.61 Å². The van der Waals surface area contributed by atoms with Gasteiger partial charge in [0.05, 0.1) is 5.69 Å². The molecule has 112 valence electrons. The number of benzene rings is 2. The topological polar surface area (TPSA) is 22.1 Å². The van der Waals surface area contributed by atoms with Gasteiger partial charge in [-0.05, 0) is 29.8 Å². The number of fused-ring (bicyclic) bond motifs is 1. The molecule has 0 aliphatic rings. The lowest BCUT2D eigenvalue weighted by Crippen LogP contribution is -1.97. The van der Waals surface area contributed by atoms with Crippen molar-refractivity contribution in [2.24, 2.45) is 0 Å². The van der Waals surface area contributed by atoms with Crippen molar-refractivity contribution in [2.45, 2.75) is 10.3 Å². The summed E-state index contributed by atoms with van der Waals surface area (Å²) in [5.74, 6) is 0.773. The summed E-state index contributed by atoms with van der Waals surface area (Å²) < 4.78 is 5.97. The largest absolute Gasteiger partial charge is 0.487 e. The summed E-state index contributed by atoms with van der Waals surface area (Å²) in [6.07, 6.45) is 0. The van der Waals surface area contributed by atoms with Crippen molar-refractivity contribution < 1.29 is 4.74 Å². The fourth-order valence-corrected chi connectivity index (χ4v) is 2.75. The number of aromatic nitrogens is 1. The molecule has 3 aromatic rings. The summed E-state index contributed by atoms with van der Waals surface area (Å²) >= 11 is 12.8. The van der Waals surface area contributed by atoms with Crippen molar-refractivity contribution in [3.05, 3.63) is 70.9 Å². The molecular formula is C17H12Br2ClNO. The highest BCUT2D eigenvalue weighted by Crippen LogP contribution is 2.31. The molecule has 2 nitrogen and oxygen atoms in total. The average molecular weight is 442 g/mol. The number of pyridine rings is 1. The van der Waals surface area contributed by atoms with E-state index in [1.54, 1.807) is 0 Å². The lowest BCUT2D eigenvalue weighted by molar-refractivity contribution is 0.309. The van der Waals surface area contributed by atoms with Gasteiger partial charge in [-0.3, -0.25) is 0 Å². The maximum Gasteiger partial charge on any atom is 0.146 e. The van der Waals surface area contributed by atoms with Gasteiger partial charge in [0, 0.05) is 10.4 Å². The molecule has 5 heteroatoms. The first-order chi connectivity index (χ1) is 10.6. The quantitative estimate of drug-likeness (QED) is 0.446. The molecule has 1 aromatic heterocycles. The summed E-state index contributed by atoms with van der Waals surface area (Å²) in [4.78, 5) is 4.66. The Balaban J connectivity index is 1.89. The fourth-order valence-electron chi connectivity index (χ4n) is 2.11. The number of nitrogens with zero attached hydrogens (tertiary/aromatic N) is 1. The maximum atomic E-state index is 5.94. The molecular weight excluding hydrogens is 429 g/mol. The van der Waals surface area contributed by atoms with E-state index in [1.807, 2.05) is 54.6 Å². The number of alkyl halides is 2. The summed E-state index contributed by atoms with van der Waals surface area (Å²) in [5.41, 5.74) is 2.84. The molecule has 0 unspecified atom stereocenters. The molecule has 0 amide bonds. The SMILES string of the molecule is Clc1ccc(COc2cccc3ccc(C(Br)Br)nc23)cc1.